The highest BCUT2D eigenvalue weighted by Crippen LogP contribution is 2.57. The average molecular weight is 753 g/mol. The number of rotatable bonds is 6. The maximum atomic E-state index is 14.5. The number of amides is 3. The number of allylic oxidation sites excluding steroid dienone is 2. The summed E-state index contributed by atoms with van der Waals surface area (Å²) in [5.74, 6) is -2.70. The Labute approximate surface area is 308 Å². The zero-order chi connectivity index (χ0) is 37.7. The SMILES string of the molecule is Cc1cc(N[C@H]2CCCCC/C=C\[C@H]3C[C@@]3(C(=O)NS(=O)(=O)C3(C)CC3)CC(=O)[C@@H]3C[C@@H](OC(=O)N4Cc5cccc(F)c5C4)CN3C2=O)ccc1F. The van der Waals surface area contributed by atoms with Gasteiger partial charge in [-0.1, -0.05) is 37.1 Å². The van der Waals surface area contributed by atoms with Gasteiger partial charge in [-0.25, -0.2) is 22.0 Å². The summed E-state index contributed by atoms with van der Waals surface area (Å²) in [6.45, 7) is 3.30. The molecule has 7 rings (SSSR count). The number of fused-ring (bicyclic) bond motifs is 3. The molecule has 2 saturated carbocycles. The summed E-state index contributed by atoms with van der Waals surface area (Å²) in [4.78, 5) is 59.0. The second-order valence-corrected chi connectivity index (χ2v) is 17.9. The molecule has 0 radical (unpaired) electrons. The Morgan fingerprint density at radius 2 is 1.81 bits per heavy atom. The van der Waals surface area contributed by atoms with E-state index in [-0.39, 0.29) is 50.6 Å². The molecule has 0 aromatic heterocycles. The van der Waals surface area contributed by atoms with E-state index in [4.69, 9.17) is 4.74 Å². The molecule has 5 atom stereocenters. The lowest BCUT2D eigenvalue weighted by molar-refractivity contribution is -0.139. The summed E-state index contributed by atoms with van der Waals surface area (Å²) in [6.07, 6.45) is 6.57. The number of carbonyl (C=O) groups excluding carboxylic acids is 4. The van der Waals surface area contributed by atoms with Crippen LogP contribution in [0.1, 0.15) is 87.8 Å². The number of ketones is 1. The van der Waals surface area contributed by atoms with Crippen LogP contribution in [0, 0.1) is 29.9 Å². The Kier molecular flexibility index (Phi) is 9.88. The summed E-state index contributed by atoms with van der Waals surface area (Å²) in [5.41, 5.74) is 0.719. The minimum Gasteiger partial charge on any atom is -0.444 e. The number of hydrogen-bond acceptors (Lipinski definition) is 8. The van der Waals surface area contributed by atoms with E-state index in [0.29, 0.717) is 48.1 Å². The van der Waals surface area contributed by atoms with E-state index < -0.39 is 67.9 Å². The number of halogens is 2. The monoisotopic (exact) mass is 752 g/mol. The Bertz CT molecular complexity index is 1970. The first-order chi connectivity index (χ1) is 25.2. The molecule has 3 heterocycles. The van der Waals surface area contributed by atoms with Gasteiger partial charge in [0, 0.05) is 30.6 Å². The molecule has 284 valence electrons. The van der Waals surface area contributed by atoms with Crippen LogP contribution in [-0.4, -0.2) is 71.4 Å². The molecule has 0 spiro atoms. The third-order valence-corrected chi connectivity index (χ3v) is 14.0. The number of ether oxygens (including phenoxy) is 1. The van der Waals surface area contributed by atoms with Crippen LogP contribution >= 0.6 is 0 Å². The lowest BCUT2D eigenvalue weighted by Gasteiger charge is -2.30. The quantitative estimate of drug-likeness (QED) is 0.361. The van der Waals surface area contributed by atoms with Gasteiger partial charge in [0.1, 0.15) is 23.8 Å². The smallest absolute Gasteiger partial charge is 0.410 e. The van der Waals surface area contributed by atoms with Gasteiger partial charge in [-0.05, 0) is 93.7 Å². The minimum atomic E-state index is -3.97. The molecule has 1 saturated heterocycles. The number of hydrogen-bond donors (Lipinski definition) is 2. The summed E-state index contributed by atoms with van der Waals surface area (Å²) in [6, 6.07) is 7.28. The molecule has 5 aliphatic rings. The van der Waals surface area contributed by atoms with Crippen LogP contribution in [0.3, 0.4) is 0 Å². The number of nitrogens with zero attached hydrogens (tertiary/aromatic N) is 2. The first-order valence-corrected chi connectivity index (χ1v) is 20.0. The van der Waals surface area contributed by atoms with Crippen molar-refractivity contribution >= 4 is 39.4 Å². The van der Waals surface area contributed by atoms with E-state index in [0.717, 1.165) is 19.3 Å². The van der Waals surface area contributed by atoms with Crippen molar-refractivity contribution in [1.29, 1.82) is 0 Å². The van der Waals surface area contributed by atoms with Crippen LogP contribution in [-0.2, 0) is 42.2 Å². The van der Waals surface area contributed by atoms with Crippen LogP contribution in [0.25, 0.3) is 0 Å². The molecule has 2 N–H and O–H groups in total. The Balaban J connectivity index is 1.16. The zero-order valence-corrected chi connectivity index (χ0v) is 30.9. The molecule has 3 amide bonds. The lowest BCUT2D eigenvalue weighted by atomic mass is 9.91. The molecule has 3 fully saturated rings. The van der Waals surface area contributed by atoms with Crippen LogP contribution in [0.4, 0.5) is 19.3 Å². The van der Waals surface area contributed by atoms with Crippen molar-refractivity contribution in [2.24, 2.45) is 11.3 Å². The van der Waals surface area contributed by atoms with Crippen molar-refractivity contribution in [3.05, 3.63) is 76.9 Å². The third kappa shape index (κ3) is 7.43. The normalized spacial score (nSPS) is 28.8. The zero-order valence-electron chi connectivity index (χ0n) is 30.0. The standard InChI is InChI=1S/C39H46F2N4O7S/c1-24-17-27(13-14-30(24)40)42-32-12-7-5-3-4-6-10-26-19-39(26,36(48)43-53(50,51)38(2)15-16-38)20-34(46)33-18-28(22-45(33)35(32)47)52-37(49)44-21-25-9-8-11-31(41)29(25)23-44/h6,8-11,13-14,17,26,28,32-33,42H,3-5,7,12,15-16,18-23H2,1-2H3,(H,43,48)/b10-6-/t26-,28+,32-,33-,39+/m0/s1. The van der Waals surface area contributed by atoms with E-state index in [1.165, 1.54) is 21.9 Å². The predicted octanol–water partition coefficient (Wildman–Crippen LogP) is 5.66. The van der Waals surface area contributed by atoms with Crippen LogP contribution in [0.5, 0.6) is 0 Å². The van der Waals surface area contributed by atoms with Crippen LogP contribution < -0.4 is 10.0 Å². The topological polar surface area (TPSA) is 142 Å². The second kappa shape index (κ2) is 14.1. The van der Waals surface area contributed by atoms with E-state index in [1.54, 1.807) is 38.1 Å². The Hall–Kier alpha value is -4.33. The van der Waals surface area contributed by atoms with E-state index in [2.05, 4.69) is 10.0 Å². The van der Waals surface area contributed by atoms with Gasteiger partial charge in [-0.3, -0.25) is 24.0 Å². The molecular weight excluding hydrogens is 707 g/mol. The van der Waals surface area contributed by atoms with Crippen LogP contribution in [0.2, 0.25) is 0 Å². The second-order valence-electron chi connectivity index (χ2n) is 15.7. The van der Waals surface area contributed by atoms with Gasteiger partial charge < -0.3 is 15.0 Å². The Morgan fingerprint density at radius 1 is 1.02 bits per heavy atom. The van der Waals surface area contributed by atoms with E-state index in [1.807, 2.05) is 12.2 Å². The molecule has 2 aliphatic carbocycles. The minimum absolute atomic E-state index is 0.0239. The fourth-order valence-corrected chi connectivity index (χ4v) is 9.28. The van der Waals surface area contributed by atoms with Gasteiger partial charge >= 0.3 is 6.09 Å². The van der Waals surface area contributed by atoms with Gasteiger partial charge in [-0.15, -0.1) is 0 Å². The first-order valence-electron chi connectivity index (χ1n) is 18.5. The Morgan fingerprint density at radius 3 is 2.55 bits per heavy atom. The summed E-state index contributed by atoms with van der Waals surface area (Å²) >= 11 is 0. The highest BCUT2D eigenvalue weighted by molar-refractivity contribution is 7.91. The predicted molar refractivity (Wildman–Crippen MR) is 192 cm³/mol. The van der Waals surface area contributed by atoms with Gasteiger partial charge in [-0.2, -0.15) is 0 Å². The molecule has 3 aliphatic heterocycles. The molecule has 0 bridgehead atoms. The largest absolute Gasteiger partial charge is 0.444 e. The molecule has 0 unspecified atom stereocenters. The summed E-state index contributed by atoms with van der Waals surface area (Å²) in [7, 11) is -3.97. The molecule has 11 nitrogen and oxygen atoms in total. The van der Waals surface area contributed by atoms with Gasteiger partial charge in [0.15, 0.2) is 5.78 Å². The van der Waals surface area contributed by atoms with E-state index in [9.17, 15) is 36.4 Å². The summed E-state index contributed by atoms with van der Waals surface area (Å²) < 4.78 is 62.0. The number of carbonyl (C=O) groups is 4. The molecule has 2 aromatic carbocycles. The maximum absolute atomic E-state index is 14.5. The van der Waals surface area contributed by atoms with Crippen molar-refractivity contribution in [2.75, 3.05) is 11.9 Å². The van der Waals surface area contributed by atoms with Gasteiger partial charge in [0.2, 0.25) is 21.8 Å². The van der Waals surface area contributed by atoms with Crippen molar-refractivity contribution in [2.45, 2.75) is 114 Å². The van der Waals surface area contributed by atoms with Gasteiger partial charge in [0.25, 0.3) is 0 Å². The number of sulfonamides is 1. The molecule has 14 heteroatoms. The molecular formula is C39H46F2N4O7S. The molecule has 2 aromatic rings. The fraction of sp³-hybridized carbons (Fsp3) is 0.538. The average Bonchev–Trinajstić information content (AvgIpc) is 3.90. The van der Waals surface area contributed by atoms with Gasteiger partial charge in [0.05, 0.1) is 29.3 Å². The molecule has 53 heavy (non-hydrogen) atoms. The van der Waals surface area contributed by atoms with Crippen molar-refractivity contribution in [3.8, 4) is 0 Å². The highest BCUT2D eigenvalue weighted by atomic mass is 32.2. The van der Waals surface area contributed by atoms with Crippen molar-refractivity contribution in [3.63, 3.8) is 0 Å². The van der Waals surface area contributed by atoms with Crippen molar-refractivity contribution < 1.29 is 41.1 Å². The third-order valence-electron chi connectivity index (χ3n) is 11.8. The number of aryl methyl sites for hydroxylation is 1. The van der Waals surface area contributed by atoms with E-state index >= 15 is 0 Å². The number of anilines is 1. The summed E-state index contributed by atoms with van der Waals surface area (Å²) in [5, 5.41) is 3.26. The number of Topliss-reactive ketones (excluding diaryl/α,β-unsaturated/α-hetero) is 1. The van der Waals surface area contributed by atoms with Crippen molar-refractivity contribution in [1.82, 2.24) is 14.5 Å². The maximum Gasteiger partial charge on any atom is 0.410 e. The highest BCUT2D eigenvalue weighted by Gasteiger charge is 2.62. The fourth-order valence-electron chi connectivity index (χ4n) is 7.95. The number of nitrogens with one attached hydrogen (secondary N) is 2. The van der Waals surface area contributed by atoms with Crippen LogP contribution in [0.15, 0.2) is 48.6 Å². The number of benzene rings is 2. The first kappa shape index (κ1) is 37.0. The lowest BCUT2D eigenvalue weighted by Crippen LogP contribution is -2.49.